The molecule has 2 N–H and O–H groups in total. The minimum absolute atomic E-state index is 0.0921. The van der Waals surface area contributed by atoms with Crippen LogP contribution in [-0.4, -0.2) is 34.7 Å². The van der Waals surface area contributed by atoms with E-state index in [1.165, 1.54) is 18.6 Å². The highest BCUT2D eigenvalue weighted by molar-refractivity contribution is 5.98. The Morgan fingerprint density at radius 1 is 1.00 bits per heavy atom. The molecule has 0 spiro atoms. The average Bonchev–Trinajstić information content (AvgIpc) is 2.68. The molecule has 2 aromatic rings. The number of phenolic OH excluding ortho intramolecular Hbond substituents is 2. The van der Waals surface area contributed by atoms with Crippen LogP contribution >= 0.6 is 0 Å². The SMILES string of the molecule is O=C(OCC(=O)N(c1ccccc1)C1CCCCC1)c1ccc(O)cc1O. The number of amides is 1. The Kier molecular flexibility index (Phi) is 5.96. The maximum absolute atomic E-state index is 12.9. The number of benzene rings is 2. The number of ether oxygens (including phenoxy) is 1. The molecule has 3 rings (SSSR count). The number of anilines is 1. The van der Waals surface area contributed by atoms with Gasteiger partial charge in [-0.25, -0.2) is 4.79 Å². The highest BCUT2D eigenvalue weighted by Gasteiger charge is 2.27. The third-order valence-electron chi connectivity index (χ3n) is 4.77. The summed E-state index contributed by atoms with van der Waals surface area (Å²) in [6, 6.07) is 13.1. The van der Waals surface area contributed by atoms with Gasteiger partial charge in [0.25, 0.3) is 5.91 Å². The van der Waals surface area contributed by atoms with Crippen LogP contribution in [0.1, 0.15) is 42.5 Å². The first-order chi connectivity index (χ1) is 13.1. The molecule has 0 aromatic heterocycles. The van der Waals surface area contributed by atoms with Crippen LogP contribution in [0, 0.1) is 0 Å². The van der Waals surface area contributed by atoms with Crippen molar-refractivity contribution in [2.45, 2.75) is 38.1 Å². The van der Waals surface area contributed by atoms with Gasteiger partial charge in [-0.3, -0.25) is 4.79 Å². The van der Waals surface area contributed by atoms with Gasteiger partial charge < -0.3 is 19.8 Å². The van der Waals surface area contributed by atoms with E-state index >= 15 is 0 Å². The Morgan fingerprint density at radius 2 is 1.70 bits per heavy atom. The third-order valence-corrected chi connectivity index (χ3v) is 4.77. The zero-order valence-corrected chi connectivity index (χ0v) is 15.0. The van der Waals surface area contributed by atoms with Crippen LogP contribution in [-0.2, 0) is 9.53 Å². The topological polar surface area (TPSA) is 87.1 Å². The number of hydrogen-bond acceptors (Lipinski definition) is 5. The Labute approximate surface area is 158 Å². The van der Waals surface area contributed by atoms with E-state index in [1.807, 2.05) is 30.3 Å². The number of esters is 1. The Morgan fingerprint density at radius 3 is 2.37 bits per heavy atom. The first-order valence-corrected chi connectivity index (χ1v) is 9.12. The van der Waals surface area contributed by atoms with E-state index in [1.54, 1.807) is 4.90 Å². The van der Waals surface area contributed by atoms with Crippen LogP contribution in [0.4, 0.5) is 5.69 Å². The summed E-state index contributed by atoms with van der Waals surface area (Å²) in [5.74, 6) is -1.65. The second kappa shape index (κ2) is 8.58. The van der Waals surface area contributed by atoms with Crippen molar-refractivity contribution in [3.63, 3.8) is 0 Å². The van der Waals surface area contributed by atoms with E-state index < -0.39 is 12.6 Å². The molecular weight excluding hydrogens is 346 g/mol. The minimum Gasteiger partial charge on any atom is -0.508 e. The van der Waals surface area contributed by atoms with Gasteiger partial charge in [-0.05, 0) is 37.1 Å². The smallest absolute Gasteiger partial charge is 0.342 e. The summed E-state index contributed by atoms with van der Waals surface area (Å²) in [6.45, 7) is -0.412. The maximum Gasteiger partial charge on any atom is 0.342 e. The van der Waals surface area contributed by atoms with Crippen molar-refractivity contribution < 1.29 is 24.5 Å². The number of para-hydroxylation sites is 1. The summed E-state index contributed by atoms with van der Waals surface area (Å²) < 4.78 is 5.13. The first kappa shape index (κ1) is 18.8. The molecule has 2 aromatic carbocycles. The molecule has 0 radical (unpaired) electrons. The number of rotatable bonds is 5. The van der Waals surface area contributed by atoms with Gasteiger partial charge in [-0.15, -0.1) is 0 Å². The van der Waals surface area contributed by atoms with Crippen LogP contribution in [0.15, 0.2) is 48.5 Å². The van der Waals surface area contributed by atoms with Gasteiger partial charge in [0, 0.05) is 17.8 Å². The molecule has 0 saturated heterocycles. The lowest BCUT2D eigenvalue weighted by Gasteiger charge is -2.34. The lowest BCUT2D eigenvalue weighted by atomic mass is 9.93. The molecule has 1 aliphatic rings. The lowest BCUT2D eigenvalue weighted by molar-refractivity contribution is -0.122. The van der Waals surface area contributed by atoms with E-state index in [-0.39, 0.29) is 29.0 Å². The molecule has 1 amide bonds. The summed E-state index contributed by atoms with van der Waals surface area (Å²) in [5, 5.41) is 19.1. The number of phenols is 2. The van der Waals surface area contributed by atoms with Crippen molar-refractivity contribution in [2.24, 2.45) is 0 Å². The quantitative estimate of drug-likeness (QED) is 0.786. The van der Waals surface area contributed by atoms with Gasteiger partial charge in [0.1, 0.15) is 17.1 Å². The van der Waals surface area contributed by atoms with Gasteiger partial charge in [-0.2, -0.15) is 0 Å². The number of nitrogens with zero attached hydrogens (tertiary/aromatic N) is 1. The molecule has 1 aliphatic carbocycles. The van der Waals surface area contributed by atoms with Crippen molar-refractivity contribution in [1.29, 1.82) is 0 Å². The third kappa shape index (κ3) is 4.58. The summed E-state index contributed by atoms with van der Waals surface area (Å²) >= 11 is 0. The Balaban J connectivity index is 1.71. The molecule has 6 nitrogen and oxygen atoms in total. The Hall–Kier alpha value is -3.02. The predicted molar refractivity (Wildman–Crippen MR) is 101 cm³/mol. The number of carbonyl (C=O) groups is 2. The normalized spacial score (nSPS) is 14.5. The predicted octanol–water partition coefficient (Wildman–Crippen LogP) is 3.62. The number of aromatic hydroxyl groups is 2. The zero-order chi connectivity index (χ0) is 19.2. The molecule has 27 heavy (non-hydrogen) atoms. The summed E-state index contributed by atoms with van der Waals surface area (Å²) in [5.41, 5.74) is 0.697. The second-order valence-electron chi connectivity index (χ2n) is 6.67. The minimum atomic E-state index is -0.808. The first-order valence-electron chi connectivity index (χ1n) is 9.12. The van der Waals surface area contributed by atoms with E-state index in [0.717, 1.165) is 37.4 Å². The van der Waals surface area contributed by atoms with Crippen molar-refractivity contribution in [1.82, 2.24) is 0 Å². The zero-order valence-electron chi connectivity index (χ0n) is 15.0. The van der Waals surface area contributed by atoms with Crippen molar-refractivity contribution >= 4 is 17.6 Å². The van der Waals surface area contributed by atoms with E-state index in [4.69, 9.17) is 4.74 Å². The van der Waals surface area contributed by atoms with Crippen LogP contribution in [0.2, 0.25) is 0 Å². The summed E-state index contributed by atoms with van der Waals surface area (Å²) in [6.07, 6.45) is 5.16. The summed E-state index contributed by atoms with van der Waals surface area (Å²) in [7, 11) is 0. The van der Waals surface area contributed by atoms with Crippen molar-refractivity contribution in [3.05, 3.63) is 54.1 Å². The van der Waals surface area contributed by atoms with Gasteiger partial charge in [-0.1, -0.05) is 37.5 Å². The molecule has 0 atom stereocenters. The maximum atomic E-state index is 12.9. The molecule has 6 heteroatoms. The van der Waals surface area contributed by atoms with Gasteiger partial charge in [0.05, 0.1) is 0 Å². The van der Waals surface area contributed by atoms with Gasteiger partial charge in [0.15, 0.2) is 6.61 Å². The molecule has 142 valence electrons. The van der Waals surface area contributed by atoms with Gasteiger partial charge >= 0.3 is 5.97 Å². The van der Waals surface area contributed by atoms with Gasteiger partial charge in [0.2, 0.25) is 0 Å². The van der Waals surface area contributed by atoms with E-state index in [0.29, 0.717) is 0 Å². The highest BCUT2D eigenvalue weighted by Crippen LogP contribution is 2.28. The van der Waals surface area contributed by atoms with E-state index in [2.05, 4.69) is 0 Å². The fourth-order valence-electron chi connectivity index (χ4n) is 3.45. The Bertz CT molecular complexity index is 799. The van der Waals surface area contributed by atoms with Crippen molar-refractivity contribution in [3.8, 4) is 11.5 Å². The van der Waals surface area contributed by atoms with Crippen molar-refractivity contribution in [2.75, 3.05) is 11.5 Å². The number of hydrogen-bond donors (Lipinski definition) is 2. The standard InChI is InChI=1S/C21H23NO5/c23-17-11-12-18(19(24)13-17)21(26)27-14-20(25)22(15-7-3-1-4-8-15)16-9-5-2-6-10-16/h1,3-4,7-8,11-13,16,23-24H,2,5-6,9-10,14H2. The molecule has 1 saturated carbocycles. The average molecular weight is 369 g/mol. The second-order valence-corrected chi connectivity index (χ2v) is 6.67. The van der Waals surface area contributed by atoms with Crippen LogP contribution in [0.5, 0.6) is 11.5 Å². The van der Waals surface area contributed by atoms with Crippen LogP contribution in [0.3, 0.4) is 0 Å². The highest BCUT2D eigenvalue weighted by atomic mass is 16.5. The van der Waals surface area contributed by atoms with E-state index in [9.17, 15) is 19.8 Å². The molecular formula is C21H23NO5. The monoisotopic (exact) mass is 369 g/mol. The molecule has 0 heterocycles. The molecule has 0 aliphatic heterocycles. The number of carbonyl (C=O) groups excluding carboxylic acids is 2. The molecule has 1 fully saturated rings. The molecule has 0 unspecified atom stereocenters. The van der Waals surface area contributed by atoms with Crippen LogP contribution in [0.25, 0.3) is 0 Å². The lowest BCUT2D eigenvalue weighted by Crippen LogP contribution is -2.43. The fourth-order valence-corrected chi connectivity index (χ4v) is 3.45. The largest absolute Gasteiger partial charge is 0.508 e. The fraction of sp³-hybridized carbons (Fsp3) is 0.333. The summed E-state index contributed by atoms with van der Waals surface area (Å²) in [4.78, 5) is 26.8. The molecule has 0 bridgehead atoms. The van der Waals surface area contributed by atoms with Crippen LogP contribution < -0.4 is 4.90 Å².